The van der Waals surface area contributed by atoms with Crippen LogP contribution in [0.1, 0.15) is 45.1 Å². The zero-order valence-corrected chi connectivity index (χ0v) is 13.9. The molecule has 0 aliphatic rings. The highest BCUT2D eigenvalue weighted by atomic mass is 28.3. The molecule has 1 aromatic rings. The minimum absolute atomic E-state index is 0.156. The lowest BCUT2D eigenvalue weighted by atomic mass is 10.1. The van der Waals surface area contributed by atoms with E-state index in [0.717, 1.165) is 25.7 Å². The number of unbranched alkanes of at least 4 members (excludes halogenated alkanes) is 3. The molecule has 0 amide bonds. The predicted molar refractivity (Wildman–Crippen MR) is 83.8 cm³/mol. The summed E-state index contributed by atoms with van der Waals surface area (Å²) in [5, 5.41) is 0. The van der Waals surface area contributed by atoms with Crippen molar-refractivity contribution in [3.05, 3.63) is 35.6 Å². The van der Waals surface area contributed by atoms with Crippen LogP contribution in [0.2, 0.25) is 6.04 Å². The summed E-state index contributed by atoms with van der Waals surface area (Å²) in [6.07, 6.45) is 5.85. The number of rotatable bonds is 11. The summed E-state index contributed by atoms with van der Waals surface area (Å²) in [7, 11) is -1.39. The van der Waals surface area contributed by atoms with Gasteiger partial charge in [-0.3, -0.25) is 0 Å². The Morgan fingerprint density at radius 1 is 0.900 bits per heavy atom. The van der Waals surface area contributed by atoms with Crippen LogP contribution in [0, 0.1) is 5.82 Å². The minimum Gasteiger partial charge on any atom is -0.397 e. The second-order valence-corrected chi connectivity index (χ2v) is 7.02. The first kappa shape index (κ1) is 17.3. The van der Waals surface area contributed by atoms with E-state index in [0.29, 0.717) is 0 Å². The maximum absolute atomic E-state index is 12.8. The van der Waals surface area contributed by atoms with Crippen molar-refractivity contribution in [1.82, 2.24) is 0 Å². The van der Waals surface area contributed by atoms with Gasteiger partial charge in [-0.2, -0.15) is 0 Å². The average Bonchev–Trinajstić information content (AvgIpc) is 2.45. The number of halogens is 1. The van der Waals surface area contributed by atoms with E-state index in [-0.39, 0.29) is 5.82 Å². The third-order valence-corrected chi connectivity index (χ3v) is 5.56. The lowest BCUT2D eigenvalue weighted by Gasteiger charge is -2.14. The molecule has 0 saturated carbocycles. The van der Waals surface area contributed by atoms with Crippen LogP contribution in [-0.4, -0.2) is 22.5 Å². The van der Waals surface area contributed by atoms with Crippen molar-refractivity contribution in [2.24, 2.45) is 0 Å². The Labute approximate surface area is 124 Å². The van der Waals surface area contributed by atoms with Gasteiger partial charge in [0.2, 0.25) is 0 Å². The molecule has 4 heteroatoms. The van der Waals surface area contributed by atoms with Crippen molar-refractivity contribution in [1.29, 1.82) is 0 Å². The van der Waals surface area contributed by atoms with Gasteiger partial charge in [0, 0.05) is 13.2 Å². The number of aryl methyl sites for hydroxylation is 1. The molecule has 0 aliphatic heterocycles. The first-order chi connectivity index (χ1) is 9.76. The summed E-state index contributed by atoms with van der Waals surface area (Å²) in [6.45, 7) is 5.59. The van der Waals surface area contributed by atoms with Crippen LogP contribution in [0.4, 0.5) is 4.39 Å². The van der Waals surface area contributed by atoms with Crippen molar-refractivity contribution in [3.63, 3.8) is 0 Å². The third-order valence-electron chi connectivity index (χ3n) is 3.27. The summed E-state index contributed by atoms with van der Waals surface area (Å²) in [5.41, 5.74) is 1.22. The molecule has 0 atom stereocenters. The molecule has 0 aliphatic carbocycles. The molecule has 114 valence electrons. The second-order valence-electron chi connectivity index (χ2n) is 4.92. The first-order valence-corrected chi connectivity index (χ1v) is 9.49. The average molecular weight is 298 g/mol. The van der Waals surface area contributed by atoms with Crippen LogP contribution in [0.25, 0.3) is 0 Å². The summed E-state index contributed by atoms with van der Waals surface area (Å²) in [6, 6.07) is 7.94. The highest BCUT2D eigenvalue weighted by Gasteiger charge is 2.10. The summed E-state index contributed by atoms with van der Waals surface area (Å²) >= 11 is 0. The number of hydrogen-bond donors (Lipinski definition) is 0. The molecule has 0 fully saturated rings. The zero-order chi connectivity index (χ0) is 14.6. The summed E-state index contributed by atoms with van der Waals surface area (Å²) in [4.78, 5) is 0. The lowest BCUT2D eigenvalue weighted by molar-refractivity contribution is 0.212. The third kappa shape index (κ3) is 7.77. The number of benzene rings is 1. The molecule has 2 nitrogen and oxygen atoms in total. The van der Waals surface area contributed by atoms with E-state index < -0.39 is 9.28 Å². The van der Waals surface area contributed by atoms with Gasteiger partial charge >= 0.3 is 9.28 Å². The Bertz CT molecular complexity index is 337. The molecule has 0 N–H and O–H groups in total. The maximum atomic E-state index is 12.8. The monoisotopic (exact) mass is 298 g/mol. The van der Waals surface area contributed by atoms with Gasteiger partial charge in [-0.25, -0.2) is 4.39 Å². The van der Waals surface area contributed by atoms with Gasteiger partial charge in [-0.15, -0.1) is 0 Å². The molecule has 0 spiro atoms. The molecule has 20 heavy (non-hydrogen) atoms. The standard InChI is InChI=1S/C16H27FO2Si/c1-3-18-20(19-4-2)14-8-6-5-7-9-15-10-12-16(17)13-11-15/h10-13,20H,3-9,14H2,1-2H3. The van der Waals surface area contributed by atoms with Crippen LogP contribution in [-0.2, 0) is 15.3 Å². The Kier molecular flexibility index (Phi) is 9.54. The fourth-order valence-electron chi connectivity index (χ4n) is 2.23. The van der Waals surface area contributed by atoms with Gasteiger partial charge in [0.25, 0.3) is 0 Å². The molecule has 0 radical (unpaired) electrons. The van der Waals surface area contributed by atoms with E-state index in [4.69, 9.17) is 8.85 Å². The topological polar surface area (TPSA) is 18.5 Å². The quantitative estimate of drug-likeness (QED) is 0.450. The van der Waals surface area contributed by atoms with E-state index in [1.165, 1.54) is 43.4 Å². The lowest BCUT2D eigenvalue weighted by Crippen LogP contribution is -2.22. The molecular weight excluding hydrogens is 271 g/mol. The van der Waals surface area contributed by atoms with Gasteiger partial charge in [0.05, 0.1) is 0 Å². The Morgan fingerprint density at radius 3 is 2.10 bits per heavy atom. The van der Waals surface area contributed by atoms with Crippen molar-refractivity contribution in [2.45, 2.75) is 52.0 Å². The summed E-state index contributed by atoms with van der Waals surface area (Å²) in [5.74, 6) is -0.156. The van der Waals surface area contributed by atoms with Crippen LogP contribution < -0.4 is 0 Å². The van der Waals surface area contributed by atoms with Crippen molar-refractivity contribution in [3.8, 4) is 0 Å². The Morgan fingerprint density at radius 2 is 1.50 bits per heavy atom. The zero-order valence-electron chi connectivity index (χ0n) is 12.7. The van der Waals surface area contributed by atoms with E-state index in [1.807, 2.05) is 26.0 Å². The fraction of sp³-hybridized carbons (Fsp3) is 0.625. The van der Waals surface area contributed by atoms with Gasteiger partial charge in [0.15, 0.2) is 0 Å². The first-order valence-electron chi connectivity index (χ1n) is 7.74. The van der Waals surface area contributed by atoms with Gasteiger partial charge in [-0.1, -0.05) is 31.4 Å². The predicted octanol–water partition coefficient (Wildman–Crippen LogP) is 4.22. The fourth-order valence-corrected chi connectivity index (χ4v) is 4.03. The Balaban J connectivity index is 2.05. The normalized spacial score (nSPS) is 11.2. The smallest absolute Gasteiger partial charge is 0.321 e. The number of hydrogen-bond acceptors (Lipinski definition) is 2. The van der Waals surface area contributed by atoms with E-state index in [1.54, 1.807) is 0 Å². The molecule has 0 saturated heterocycles. The summed E-state index contributed by atoms with van der Waals surface area (Å²) < 4.78 is 24.1. The Hall–Kier alpha value is -0.713. The van der Waals surface area contributed by atoms with Crippen LogP contribution in [0.3, 0.4) is 0 Å². The van der Waals surface area contributed by atoms with Gasteiger partial charge in [-0.05, 0) is 50.4 Å². The van der Waals surface area contributed by atoms with Crippen molar-refractivity contribution in [2.75, 3.05) is 13.2 Å². The van der Waals surface area contributed by atoms with Crippen LogP contribution >= 0.6 is 0 Å². The molecular formula is C16H27FO2Si. The highest BCUT2D eigenvalue weighted by molar-refractivity contribution is 6.44. The van der Waals surface area contributed by atoms with Crippen molar-refractivity contribution >= 4 is 9.28 Å². The SMILES string of the molecule is CCO[SiH](CCCCCCc1ccc(F)cc1)OCC. The van der Waals surface area contributed by atoms with Crippen LogP contribution in [0.15, 0.2) is 24.3 Å². The molecule has 0 bridgehead atoms. The maximum Gasteiger partial charge on any atom is 0.321 e. The van der Waals surface area contributed by atoms with Gasteiger partial charge in [0.1, 0.15) is 5.82 Å². The van der Waals surface area contributed by atoms with Gasteiger partial charge < -0.3 is 8.85 Å². The molecule has 0 unspecified atom stereocenters. The van der Waals surface area contributed by atoms with Crippen LogP contribution in [0.5, 0.6) is 0 Å². The molecule has 0 aromatic heterocycles. The molecule has 1 rings (SSSR count). The largest absolute Gasteiger partial charge is 0.397 e. The molecule has 1 aromatic carbocycles. The minimum atomic E-state index is -1.39. The van der Waals surface area contributed by atoms with E-state index in [2.05, 4.69) is 0 Å². The second kappa shape index (κ2) is 11.0. The highest BCUT2D eigenvalue weighted by Crippen LogP contribution is 2.12. The molecule has 0 heterocycles. The van der Waals surface area contributed by atoms with Crippen molar-refractivity contribution < 1.29 is 13.2 Å². The van der Waals surface area contributed by atoms with E-state index in [9.17, 15) is 4.39 Å². The van der Waals surface area contributed by atoms with E-state index >= 15 is 0 Å².